The zero-order valence-electron chi connectivity index (χ0n) is 15.1. The van der Waals surface area contributed by atoms with Crippen molar-refractivity contribution in [2.45, 2.75) is 0 Å². The summed E-state index contributed by atoms with van der Waals surface area (Å²) in [5.74, 6) is -1.23. The number of ether oxygens (including phenoxy) is 3. The molecule has 0 aliphatic carbocycles. The topological polar surface area (TPSA) is 145 Å². The standard InChI is InChI=1S/C18H17N3O8/c22-15(10-29-16(23)9-19-17(24)13-2-1-5-26-13)21-18(25)20-11-3-4-12-14(8-11)28-7-6-27-12/h1-5,8H,6-7,9-10H2,(H,19,24)(H2,20,21,22,25). The Bertz CT molecular complexity index is 910. The van der Waals surface area contributed by atoms with E-state index in [9.17, 15) is 19.2 Å². The highest BCUT2D eigenvalue weighted by molar-refractivity contribution is 6.02. The number of rotatable bonds is 6. The summed E-state index contributed by atoms with van der Waals surface area (Å²) in [5, 5.41) is 6.73. The molecule has 1 aromatic carbocycles. The van der Waals surface area contributed by atoms with Crippen LogP contribution in [0.15, 0.2) is 41.0 Å². The van der Waals surface area contributed by atoms with Gasteiger partial charge in [-0.05, 0) is 24.3 Å². The summed E-state index contributed by atoms with van der Waals surface area (Å²) in [6.07, 6.45) is 1.31. The lowest BCUT2D eigenvalue weighted by molar-refractivity contribution is -0.147. The van der Waals surface area contributed by atoms with Gasteiger partial charge in [0.15, 0.2) is 23.9 Å². The molecular weight excluding hydrogens is 386 g/mol. The van der Waals surface area contributed by atoms with Crippen LogP contribution in [0.2, 0.25) is 0 Å². The third kappa shape index (κ3) is 5.73. The summed E-state index contributed by atoms with van der Waals surface area (Å²) in [6, 6.07) is 6.90. The molecule has 29 heavy (non-hydrogen) atoms. The van der Waals surface area contributed by atoms with E-state index in [-0.39, 0.29) is 5.76 Å². The Morgan fingerprint density at radius 1 is 1.03 bits per heavy atom. The van der Waals surface area contributed by atoms with Crippen LogP contribution < -0.4 is 25.4 Å². The van der Waals surface area contributed by atoms with Gasteiger partial charge in [0, 0.05) is 11.8 Å². The lowest BCUT2D eigenvalue weighted by Gasteiger charge is -2.19. The molecule has 3 rings (SSSR count). The van der Waals surface area contributed by atoms with E-state index in [2.05, 4.69) is 15.4 Å². The number of esters is 1. The number of anilines is 1. The van der Waals surface area contributed by atoms with Gasteiger partial charge in [-0.25, -0.2) is 4.79 Å². The molecule has 2 heterocycles. The van der Waals surface area contributed by atoms with Gasteiger partial charge in [-0.3, -0.25) is 19.7 Å². The minimum absolute atomic E-state index is 0.0337. The van der Waals surface area contributed by atoms with Gasteiger partial charge in [-0.2, -0.15) is 0 Å². The van der Waals surface area contributed by atoms with Crippen LogP contribution in [0.4, 0.5) is 10.5 Å². The first-order chi connectivity index (χ1) is 14.0. The second kappa shape index (κ2) is 9.26. The number of urea groups is 1. The van der Waals surface area contributed by atoms with Crippen LogP contribution in [0.1, 0.15) is 10.6 Å². The molecule has 11 heteroatoms. The zero-order valence-corrected chi connectivity index (χ0v) is 15.1. The molecule has 0 radical (unpaired) electrons. The molecule has 0 saturated carbocycles. The number of amides is 4. The molecule has 2 aromatic rings. The molecule has 0 fully saturated rings. The van der Waals surface area contributed by atoms with E-state index in [0.717, 1.165) is 0 Å². The van der Waals surface area contributed by atoms with E-state index < -0.39 is 37.0 Å². The summed E-state index contributed by atoms with van der Waals surface area (Å²) in [7, 11) is 0. The van der Waals surface area contributed by atoms with Gasteiger partial charge < -0.3 is 29.3 Å². The Morgan fingerprint density at radius 2 is 1.83 bits per heavy atom. The summed E-state index contributed by atoms with van der Waals surface area (Å²) in [4.78, 5) is 46.7. The van der Waals surface area contributed by atoms with Crippen LogP contribution >= 0.6 is 0 Å². The Labute approximate surface area is 164 Å². The van der Waals surface area contributed by atoms with E-state index in [1.165, 1.54) is 18.4 Å². The molecule has 1 aromatic heterocycles. The lowest BCUT2D eigenvalue weighted by atomic mass is 10.2. The molecule has 152 valence electrons. The molecule has 0 bridgehead atoms. The van der Waals surface area contributed by atoms with Crippen molar-refractivity contribution in [2.75, 3.05) is 31.7 Å². The van der Waals surface area contributed by atoms with E-state index in [1.54, 1.807) is 18.2 Å². The number of hydrogen-bond donors (Lipinski definition) is 3. The molecule has 0 spiro atoms. The Morgan fingerprint density at radius 3 is 2.59 bits per heavy atom. The summed E-state index contributed by atoms with van der Waals surface area (Å²) < 4.78 is 20.3. The van der Waals surface area contributed by atoms with Crippen molar-refractivity contribution in [1.29, 1.82) is 0 Å². The maximum absolute atomic E-state index is 11.9. The number of hydrogen-bond acceptors (Lipinski definition) is 8. The number of benzene rings is 1. The van der Waals surface area contributed by atoms with Gasteiger partial charge in [0.05, 0.1) is 6.26 Å². The van der Waals surface area contributed by atoms with Gasteiger partial charge >= 0.3 is 12.0 Å². The third-order valence-electron chi connectivity index (χ3n) is 3.56. The van der Waals surface area contributed by atoms with Crippen LogP contribution in [0.3, 0.4) is 0 Å². The number of furan rings is 1. The summed E-state index contributed by atoms with van der Waals surface area (Å²) in [6.45, 7) is -0.311. The molecule has 0 unspecified atom stereocenters. The van der Waals surface area contributed by atoms with Crippen molar-refractivity contribution in [1.82, 2.24) is 10.6 Å². The van der Waals surface area contributed by atoms with E-state index in [0.29, 0.717) is 30.4 Å². The van der Waals surface area contributed by atoms with E-state index in [4.69, 9.17) is 13.9 Å². The fraction of sp³-hybridized carbons (Fsp3) is 0.222. The molecular formula is C18H17N3O8. The van der Waals surface area contributed by atoms with Crippen molar-refractivity contribution in [2.24, 2.45) is 0 Å². The monoisotopic (exact) mass is 403 g/mol. The molecule has 3 N–H and O–H groups in total. The van der Waals surface area contributed by atoms with Gasteiger partial charge in [0.2, 0.25) is 0 Å². The number of fused-ring (bicyclic) bond motifs is 1. The SMILES string of the molecule is O=C(COC(=O)CNC(=O)c1ccco1)NC(=O)Nc1ccc2c(c1)OCCO2. The average molecular weight is 403 g/mol. The molecule has 1 aliphatic heterocycles. The second-order valence-corrected chi connectivity index (χ2v) is 5.68. The van der Waals surface area contributed by atoms with Gasteiger partial charge in [0.1, 0.15) is 19.8 Å². The highest BCUT2D eigenvalue weighted by Crippen LogP contribution is 2.32. The van der Waals surface area contributed by atoms with Crippen molar-refractivity contribution < 1.29 is 37.8 Å². The van der Waals surface area contributed by atoms with Crippen molar-refractivity contribution >= 4 is 29.5 Å². The van der Waals surface area contributed by atoms with Crippen molar-refractivity contribution in [3.05, 3.63) is 42.4 Å². The zero-order chi connectivity index (χ0) is 20.6. The summed E-state index contributed by atoms with van der Waals surface area (Å²) >= 11 is 0. The minimum Gasteiger partial charge on any atom is -0.486 e. The number of nitrogens with one attached hydrogen (secondary N) is 3. The Hall–Kier alpha value is -4.02. The Kier molecular flexibility index (Phi) is 6.30. The van der Waals surface area contributed by atoms with Gasteiger partial charge in [-0.1, -0.05) is 0 Å². The third-order valence-corrected chi connectivity index (χ3v) is 3.56. The predicted octanol–water partition coefficient (Wildman–Crippen LogP) is 0.672. The fourth-order valence-corrected chi connectivity index (χ4v) is 2.29. The quantitative estimate of drug-likeness (QED) is 0.597. The molecule has 1 aliphatic rings. The normalized spacial score (nSPS) is 11.9. The minimum atomic E-state index is -0.854. The first kappa shape index (κ1) is 19.7. The van der Waals surface area contributed by atoms with E-state index in [1.807, 2.05) is 5.32 Å². The van der Waals surface area contributed by atoms with Crippen LogP contribution in [0.25, 0.3) is 0 Å². The van der Waals surface area contributed by atoms with Crippen molar-refractivity contribution in [3.63, 3.8) is 0 Å². The maximum atomic E-state index is 11.9. The molecule has 11 nitrogen and oxygen atoms in total. The largest absolute Gasteiger partial charge is 0.486 e. The highest BCUT2D eigenvalue weighted by Gasteiger charge is 2.15. The lowest BCUT2D eigenvalue weighted by Crippen LogP contribution is -2.38. The number of carbonyl (C=O) groups excluding carboxylic acids is 4. The number of imide groups is 1. The van der Waals surface area contributed by atoms with Gasteiger partial charge in [0.25, 0.3) is 11.8 Å². The maximum Gasteiger partial charge on any atom is 0.325 e. The van der Waals surface area contributed by atoms with Crippen LogP contribution in [-0.2, 0) is 14.3 Å². The smallest absolute Gasteiger partial charge is 0.325 e. The predicted molar refractivity (Wildman–Crippen MR) is 96.6 cm³/mol. The van der Waals surface area contributed by atoms with Crippen LogP contribution in [0, 0.1) is 0 Å². The fourth-order valence-electron chi connectivity index (χ4n) is 2.29. The second-order valence-electron chi connectivity index (χ2n) is 5.68. The number of carbonyl (C=O) groups is 4. The van der Waals surface area contributed by atoms with Crippen molar-refractivity contribution in [3.8, 4) is 11.5 Å². The molecule has 0 atom stereocenters. The summed E-state index contributed by atoms with van der Waals surface area (Å²) in [5.41, 5.74) is 0.386. The van der Waals surface area contributed by atoms with Crippen LogP contribution in [0.5, 0.6) is 11.5 Å². The van der Waals surface area contributed by atoms with E-state index >= 15 is 0 Å². The average Bonchev–Trinajstić information content (AvgIpc) is 3.25. The van der Waals surface area contributed by atoms with Crippen LogP contribution in [-0.4, -0.2) is 50.2 Å². The molecule has 4 amide bonds. The first-order valence-electron chi connectivity index (χ1n) is 8.49. The first-order valence-corrected chi connectivity index (χ1v) is 8.49. The van der Waals surface area contributed by atoms with Gasteiger partial charge in [-0.15, -0.1) is 0 Å². The Balaban J connectivity index is 1.37. The molecule has 0 saturated heterocycles. The highest BCUT2D eigenvalue weighted by atomic mass is 16.6.